The summed E-state index contributed by atoms with van der Waals surface area (Å²) in [5.74, 6) is 0.585. The van der Waals surface area contributed by atoms with Crippen molar-refractivity contribution in [3.05, 3.63) is 80.0 Å². The van der Waals surface area contributed by atoms with Crippen LogP contribution < -0.4 is 0 Å². The lowest BCUT2D eigenvalue weighted by Crippen LogP contribution is -2.05. The van der Waals surface area contributed by atoms with E-state index in [4.69, 9.17) is 27.6 Å². The first-order chi connectivity index (χ1) is 13.1. The fourth-order valence-corrected chi connectivity index (χ4v) is 2.83. The quantitative estimate of drug-likeness (QED) is 0.257. The van der Waals surface area contributed by atoms with E-state index in [9.17, 15) is 23.3 Å². The van der Waals surface area contributed by atoms with Crippen molar-refractivity contribution in [1.29, 1.82) is 0 Å². The van der Waals surface area contributed by atoms with E-state index in [1.807, 2.05) is 0 Å². The molecule has 0 fully saturated rings. The first-order valence-electron chi connectivity index (χ1n) is 7.60. The molecule has 0 saturated carbocycles. The van der Waals surface area contributed by atoms with Crippen LogP contribution in [0.5, 0.6) is 0 Å². The Morgan fingerprint density at radius 1 is 1.04 bits per heavy atom. The molecule has 3 rings (SSSR count). The van der Waals surface area contributed by atoms with Crippen molar-refractivity contribution in [2.24, 2.45) is 4.99 Å². The molecule has 2 aromatic carbocycles. The van der Waals surface area contributed by atoms with Crippen molar-refractivity contribution in [3.63, 3.8) is 0 Å². The number of alkyl halides is 3. The maximum absolute atomic E-state index is 12.9. The van der Waals surface area contributed by atoms with Gasteiger partial charge in [0.2, 0.25) is 0 Å². The highest BCUT2D eigenvalue weighted by Crippen LogP contribution is 2.37. The molecule has 144 valence electrons. The molecule has 3 aromatic rings. The Balaban J connectivity index is 1.85. The zero-order valence-electron chi connectivity index (χ0n) is 13.7. The molecule has 0 atom stereocenters. The van der Waals surface area contributed by atoms with Crippen molar-refractivity contribution < 1.29 is 22.5 Å². The largest absolute Gasteiger partial charge is 0.455 e. The Bertz CT molecular complexity index is 1080. The van der Waals surface area contributed by atoms with Gasteiger partial charge in [0.1, 0.15) is 11.5 Å². The molecular formula is C18H9Cl2F3N2O3. The Hall–Kier alpha value is -2.84. The Morgan fingerprint density at radius 3 is 2.43 bits per heavy atom. The molecule has 0 aliphatic heterocycles. The summed E-state index contributed by atoms with van der Waals surface area (Å²) in [5, 5.41) is 10.5. The van der Waals surface area contributed by atoms with Gasteiger partial charge in [0.05, 0.1) is 32.4 Å². The van der Waals surface area contributed by atoms with Crippen LogP contribution in [0.3, 0.4) is 0 Å². The second-order valence-electron chi connectivity index (χ2n) is 5.54. The van der Waals surface area contributed by atoms with Gasteiger partial charge in [-0.3, -0.25) is 15.1 Å². The smallest absolute Gasteiger partial charge is 0.417 e. The molecular weight excluding hydrogens is 420 g/mol. The van der Waals surface area contributed by atoms with Crippen molar-refractivity contribution in [3.8, 4) is 11.3 Å². The predicted molar refractivity (Wildman–Crippen MR) is 99.5 cm³/mol. The van der Waals surface area contributed by atoms with E-state index >= 15 is 0 Å². The summed E-state index contributed by atoms with van der Waals surface area (Å²) in [4.78, 5) is 14.1. The van der Waals surface area contributed by atoms with Crippen LogP contribution in [0.15, 0.2) is 57.9 Å². The number of furan rings is 1. The van der Waals surface area contributed by atoms with Gasteiger partial charge in [0.15, 0.2) is 0 Å². The molecule has 0 radical (unpaired) electrons. The summed E-state index contributed by atoms with van der Waals surface area (Å²) in [6.45, 7) is 0. The van der Waals surface area contributed by atoms with Crippen molar-refractivity contribution >= 4 is 40.8 Å². The van der Waals surface area contributed by atoms with Crippen LogP contribution in [0.1, 0.15) is 11.3 Å². The molecule has 0 saturated heterocycles. The SMILES string of the molecule is O=[N+]([O-])c1ccc(-c2ccc(C=Nc3ccc(Cl)c(C(F)(F)F)c3)o2)c(Cl)c1. The van der Waals surface area contributed by atoms with Crippen molar-refractivity contribution in [2.45, 2.75) is 6.18 Å². The van der Waals surface area contributed by atoms with Gasteiger partial charge in [-0.2, -0.15) is 13.2 Å². The van der Waals surface area contributed by atoms with Crippen LogP contribution in [0.4, 0.5) is 24.5 Å². The summed E-state index contributed by atoms with van der Waals surface area (Å²) in [6, 6.07) is 10.3. The zero-order chi connectivity index (χ0) is 20.5. The lowest BCUT2D eigenvalue weighted by Gasteiger charge is -2.08. The third-order valence-electron chi connectivity index (χ3n) is 3.65. The number of nitrogens with zero attached hydrogens (tertiary/aromatic N) is 2. The van der Waals surface area contributed by atoms with Crippen LogP contribution in [0.25, 0.3) is 11.3 Å². The number of aliphatic imine (C=N–C) groups is 1. The molecule has 0 spiro atoms. The topological polar surface area (TPSA) is 68.6 Å². The number of halogens is 5. The van der Waals surface area contributed by atoms with Gasteiger partial charge in [0.25, 0.3) is 5.69 Å². The highest BCUT2D eigenvalue weighted by atomic mass is 35.5. The number of nitro benzene ring substituents is 1. The van der Waals surface area contributed by atoms with Crippen LogP contribution in [-0.2, 0) is 6.18 Å². The molecule has 0 bridgehead atoms. The van der Waals surface area contributed by atoms with Crippen LogP contribution in [0.2, 0.25) is 10.0 Å². The highest BCUT2D eigenvalue weighted by molar-refractivity contribution is 6.33. The normalized spacial score (nSPS) is 11.9. The summed E-state index contributed by atoms with van der Waals surface area (Å²) in [7, 11) is 0. The molecule has 0 amide bonds. The number of non-ortho nitro benzene ring substituents is 1. The van der Waals surface area contributed by atoms with E-state index in [1.54, 1.807) is 6.07 Å². The van der Waals surface area contributed by atoms with Crippen LogP contribution in [0, 0.1) is 10.1 Å². The minimum Gasteiger partial charge on any atom is -0.455 e. The summed E-state index contributed by atoms with van der Waals surface area (Å²) >= 11 is 11.6. The Labute approximate surface area is 166 Å². The third-order valence-corrected chi connectivity index (χ3v) is 4.29. The highest BCUT2D eigenvalue weighted by Gasteiger charge is 2.33. The van der Waals surface area contributed by atoms with E-state index in [0.717, 1.165) is 12.1 Å². The standard InChI is InChI=1S/C18H9Cl2F3N2O3/c19-15-5-1-10(7-14(15)18(21,22)23)24-9-12-3-6-17(28-12)13-4-2-11(25(26)27)8-16(13)20/h1-9H. The summed E-state index contributed by atoms with van der Waals surface area (Å²) < 4.78 is 44.2. The van der Waals surface area contributed by atoms with Crippen LogP contribution >= 0.6 is 23.2 Å². The molecule has 1 heterocycles. The lowest BCUT2D eigenvalue weighted by atomic mass is 10.1. The first kappa shape index (κ1) is 19.9. The fraction of sp³-hybridized carbons (Fsp3) is 0.0556. The van der Waals surface area contributed by atoms with Crippen molar-refractivity contribution in [1.82, 2.24) is 0 Å². The molecule has 5 nitrogen and oxygen atoms in total. The van der Waals surface area contributed by atoms with Crippen LogP contribution in [-0.4, -0.2) is 11.1 Å². The van der Waals surface area contributed by atoms with Gasteiger partial charge in [-0.25, -0.2) is 0 Å². The van der Waals surface area contributed by atoms with Gasteiger partial charge < -0.3 is 4.42 Å². The number of nitro groups is 1. The van der Waals surface area contributed by atoms with Gasteiger partial charge in [-0.1, -0.05) is 23.2 Å². The minimum absolute atomic E-state index is 0.0445. The lowest BCUT2D eigenvalue weighted by molar-refractivity contribution is -0.384. The second kappa shape index (κ2) is 7.65. The molecule has 10 heteroatoms. The van der Waals surface area contributed by atoms with E-state index < -0.39 is 21.7 Å². The van der Waals surface area contributed by atoms with Gasteiger partial charge >= 0.3 is 6.18 Å². The Morgan fingerprint density at radius 2 is 1.79 bits per heavy atom. The molecule has 28 heavy (non-hydrogen) atoms. The molecule has 0 N–H and O–H groups in total. The predicted octanol–water partition coefficient (Wildman–Crippen LogP) is 6.93. The molecule has 0 unspecified atom stereocenters. The molecule has 0 aliphatic carbocycles. The Kier molecular flexibility index (Phi) is 5.44. The van der Waals surface area contributed by atoms with Gasteiger partial charge in [-0.15, -0.1) is 0 Å². The number of hydrogen-bond donors (Lipinski definition) is 0. The number of rotatable bonds is 4. The van der Waals surface area contributed by atoms with E-state index in [-0.39, 0.29) is 22.2 Å². The zero-order valence-corrected chi connectivity index (χ0v) is 15.2. The van der Waals surface area contributed by atoms with Gasteiger partial charge in [-0.05, 0) is 36.4 Å². The third kappa shape index (κ3) is 4.35. The monoisotopic (exact) mass is 428 g/mol. The van der Waals surface area contributed by atoms with E-state index in [0.29, 0.717) is 11.3 Å². The fourth-order valence-electron chi connectivity index (χ4n) is 2.33. The number of benzene rings is 2. The second-order valence-corrected chi connectivity index (χ2v) is 6.36. The average Bonchev–Trinajstić information content (AvgIpc) is 3.08. The molecule has 1 aromatic heterocycles. The molecule has 0 aliphatic rings. The van der Waals surface area contributed by atoms with Crippen molar-refractivity contribution in [2.75, 3.05) is 0 Å². The minimum atomic E-state index is -4.59. The summed E-state index contributed by atoms with van der Waals surface area (Å²) in [6.07, 6.45) is -3.35. The number of hydrogen-bond acceptors (Lipinski definition) is 4. The summed E-state index contributed by atoms with van der Waals surface area (Å²) in [5.41, 5.74) is -0.673. The maximum atomic E-state index is 12.9. The first-order valence-corrected chi connectivity index (χ1v) is 8.36. The van der Waals surface area contributed by atoms with E-state index in [1.165, 1.54) is 36.5 Å². The van der Waals surface area contributed by atoms with E-state index in [2.05, 4.69) is 4.99 Å². The van der Waals surface area contributed by atoms with Gasteiger partial charge in [0, 0.05) is 17.7 Å². The maximum Gasteiger partial charge on any atom is 0.417 e. The average molecular weight is 429 g/mol.